The summed E-state index contributed by atoms with van der Waals surface area (Å²) in [7, 11) is 0. The standard InChI is InChI=1S/C17H24O2/c1-6-16(2,3)15-14(19-11-17(15,4)5)12-8-7-9-13(18)10-12/h7-10,18H,6,11H2,1-5H3. The first-order valence-electron chi connectivity index (χ1n) is 6.95. The van der Waals surface area contributed by atoms with Gasteiger partial charge in [-0.2, -0.15) is 0 Å². The highest BCUT2D eigenvalue weighted by Gasteiger charge is 2.42. The second-order valence-corrected chi connectivity index (χ2v) is 6.66. The number of hydrogen-bond acceptors (Lipinski definition) is 2. The zero-order chi connectivity index (χ0) is 14.3. The third-order valence-corrected chi connectivity index (χ3v) is 4.15. The SMILES string of the molecule is CCC(C)(C)C1=C(c2cccc(O)c2)OCC1(C)C. The summed E-state index contributed by atoms with van der Waals surface area (Å²) in [6, 6.07) is 7.34. The van der Waals surface area contributed by atoms with E-state index in [1.807, 2.05) is 12.1 Å². The van der Waals surface area contributed by atoms with Crippen molar-refractivity contribution in [3.63, 3.8) is 0 Å². The van der Waals surface area contributed by atoms with Crippen LogP contribution in [-0.2, 0) is 4.74 Å². The fourth-order valence-corrected chi connectivity index (χ4v) is 2.98. The molecular formula is C17H24O2. The quantitative estimate of drug-likeness (QED) is 0.861. The molecule has 0 spiro atoms. The van der Waals surface area contributed by atoms with E-state index in [1.165, 1.54) is 5.57 Å². The monoisotopic (exact) mass is 260 g/mol. The Bertz CT molecular complexity index is 510. The van der Waals surface area contributed by atoms with Gasteiger partial charge in [0, 0.05) is 11.0 Å². The molecule has 0 aromatic heterocycles. The molecule has 0 atom stereocenters. The minimum atomic E-state index is 0.0420. The Hall–Kier alpha value is -1.44. The largest absolute Gasteiger partial charge is 0.508 e. The average Bonchev–Trinajstić information content (AvgIpc) is 2.65. The molecule has 0 saturated heterocycles. The maximum Gasteiger partial charge on any atom is 0.127 e. The molecule has 0 saturated carbocycles. The van der Waals surface area contributed by atoms with E-state index in [0.717, 1.165) is 17.7 Å². The number of phenols is 1. The molecule has 1 aromatic rings. The van der Waals surface area contributed by atoms with Crippen LogP contribution in [0.1, 0.15) is 46.6 Å². The lowest BCUT2D eigenvalue weighted by Crippen LogP contribution is -2.26. The van der Waals surface area contributed by atoms with Crippen LogP contribution < -0.4 is 0 Å². The van der Waals surface area contributed by atoms with E-state index in [-0.39, 0.29) is 16.6 Å². The van der Waals surface area contributed by atoms with Crippen molar-refractivity contribution in [3.05, 3.63) is 35.4 Å². The second-order valence-electron chi connectivity index (χ2n) is 6.66. The molecule has 0 bridgehead atoms. The van der Waals surface area contributed by atoms with Crippen molar-refractivity contribution < 1.29 is 9.84 Å². The van der Waals surface area contributed by atoms with E-state index in [2.05, 4.69) is 34.6 Å². The Morgan fingerprint density at radius 1 is 1.32 bits per heavy atom. The maximum atomic E-state index is 9.67. The molecule has 0 fully saturated rings. The zero-order valence-corrected chi connectivity index (χ0v) is 12.6. The molecule has 0 amide bonds. The molecule has 19 heavy (non-hydrogen) atoms. The number of ether oxygens (including phenoxy) is 1. The van der Waals surface area contributed by atoms with Crippen LogP contribution in [0.2, 0.25) is 0 Å². The van der Waals surface area contributed by atoms with Gasteiger partial charge in [0.2, 0.25) is 0 Å². The van der Waals surface area contributed by atoms with Gasteiger partial charge in [0.05, 0.1) is 6.61 Å². The fourth-order valence-electron chi connectivity index (χ4n) is 2.98. The highest BCUT2D eigenvalue weighted by molar-refractivity contribution is 5.68. The average molecular weight is 260 g/mol. The predicted molar refractivity (Wildman–Crippen MR) is 78.8 cm³/mol. The van der Waals surface area contributed by atoms with Crippen LogP contribution in [-0.4, -0.2) is 11.7 Å². The van der Waals surface area contributed by atoms with Crippen molar-refractivity contribution in [1.29, 1.82) is 0 Å². The summed E-state index contributed by atoms with van der Waals surface area (Å²) < 4.78 is 5.98. The first kappa shape index (κ1) is 14.0. The molecule has 2 heteroatoms. The van der Waals surface area contributed by atoms with Crippen LogP contribution in [0.5, 0.6) is 5.75 Å². The van der Waals surface area contributed by atoms with Gasteiger partial charge < -0.3 is 9.84 Å². The number of benzene rings is 1. The van der Waals surface area contributed by atoms with Crippen molar-refractivity contribution >= 4 is 5.76 Å². The molecule has 104 valence electrons. The van der Waals surface area contributed by atoms with Crippen molar-refractivity contribution in [1.82, 2.24) is 0 Å². The first-order chi connectivity index (χ1) is 8.78. The molecule has 1 heterocycles. The first-order valence-corrected chi connectivity index (χ1v) is 6.95. The Morgan fingerprint density at radius 3 is 2.58 bits per heavy atom. The van der Waals surface area contributed by atoms with Gasteiger partial charge in [-0.15, -0.1) is 0 Å². The van der Waals surface area contributed by atoms with E-state index < -0.39 is 0 Å². The van der Waals surface area contributed by atoms with Crippen molar-refractivity contribution in [2.45, 2.75) is 41.0 Å². The Kier molecular flexibility index (Phi) is 3.38. The smallest absolute Gasteiger partial charge is 0.127 e. The van der Waals surface area contributed by atoms with E-state index in [1.54, 1.807) is 12.1 Å². The van der Waals surface area contributed by atoms with Gasteiger partial charge in [-0.3, -0.25) is 0 Å². The van der Waals surface area contributed by atoms with Gasteiger partial charge in [0.25, 0.3) is 0 Å². The highest BCUT2D eigenvalue weighted by Crippen LogP contribution is 2.51. The van der Waals surface area contributed by atoms with E-state index in [0.29, 0.717) is 6.61 Å². The lowest BCUT2D eigenvalue weighted by molar-refractivity contribution is 0.210. The van der Waals surface area contributed by atoms with E-state index in [9.17, 15) is 5.11 Å². The van der Waals surface area contributed by atoms with Crippen LogP contribution in [0.25, 0.3) is 5.76 Å². The lowest BCUT2D eigenvalue weighted by Gasteiger charge is -2.33. The van der Waals surface area contributed by atoms with Gasteiger partial charge in [-0.25, -0.2) is 0 Å². The summed E-state index contributed by atoms with van der Waals surface area (Å²) in [5.41, 5.74) is 2.47. The normalized spacial score (nSPS) is 18.6. The summed E-state index contributed by atoms with van der Waals surface area (Å²) in [5, 5.41) is 9.67. The third kappa shape index (κ3) is 2.49. The van der Waals surface area contributed by atoms with Crippen molar-refractivity contribution in [3.8, 4) is 5.75 Å². The Balaban J connectivity index is 2.60. The molecule has 2 rings (SSSR count). The molecule has 1 aromatic carbocycles. The fraction of sp³-hybridized carbons (Fsp3) is 0.529. The summed E-state index contributed by atoms with van der Waals surface area (Å²) in [6.07, 6.45) is 1.07. The van der Waals surface area contributed by atoms with Crippen molar-refractivity contribution in [2.75, 3.05) is 6.61 Å². The van der Waals surface area contributed by atoms with Gasteiger partial charge in [-0.05, 0) is 29.5 Å². The molecule has 0 radical (unpaired) electrons. The summed E-state index contributed by atoms with van der Waals surface area (Å²) >= 11 is 0. The summed E-state index contributed by atoms with van der Waals surface area (Å²) in [6.45, 7) is 11.9. The third-order valence-electron chi connectivity index (χ3n) is 4.15. The molecule has 1 aliphatic rings. The van der Waals surface area contributed by atoms with Crippen LogP contribution in [0.15, 0.2) is 29.8 Å². The Morgan fingerprint density at radius 2 is 2.00 bits per heavy atom. The van der Waals surface area contributed by atoms with Gasteiger partial charge in [-0.1, -0.05) is 46.8 Å². The second kappa shape index (κ2) is 4.59. The van der Waals surface area contributed by atoms with E-state index in [4.69, 9.17) is 4.74 Å². The number of phenolic OH excluding ortho intramolecular Hbond substituents is 1. The van der Waals surface area contributed by atoms with Crippen LogP contribution in [0, 0.1) is 10.8 Å². The van der Waals surface area contributed by atoms with Crippen molar-refractivity contribution in [2.24, 2.45) is 10.8 Å². The molecule has 0 aliphatic carbocycles. The molecule has 2 nitrogen and oxygen atoms in total. The summed E-state index contributed by atoms with van der Waals surface area (Å²) in [4.78, 5) is 0. The van der Waals surface area contributed by atoms with Gasteiger partial charge >= 0.3 is 0 Å². The number of hydrogen-bond donors (Lipinski definition) is 1. The van der Waals surface area contributed by atoms with Crippen LogP contribution in [0.4, 0.5) is 0 Å². The number of aromatic hydroxyl groups is 1. The summed E-state index contributed by atoms with van der Waals surface area (Å²) in [5.74, 6) is 1.24. The molecule has 1 N–H and O–H groups in total. The maximum absolute atomic E-state index is 9.67. The molecular weight excluding hydrogens is 236 g/mol. The minimum absolute atomic E-state index is 0.0420. The van der Waals surface area contributed by atoms with Crippen LogP contribution >= 0.6 is 0 Å². The molecule has 1 aliphatic heterocycles. The molecule has 0 unspecified atom stereocenters. The van der Waals surface area contributed by atoms with Gasteiger partial charge in [0.15, 0.2) is 0 Å². The number of rotatable bonds is 3. The van der Waals surface area contributed by atoms with E-state index >= 15 is 0 Å². The van der Waals surface area contributed by atoms with Gasteiger partial charge in [0.1, 0.15) is 11.5 Å². The highest BCUT2D eigenvalue weighted by atomic mass is 16.5. The lowest BCUT2D eigenvalue weighted by atomic mass is 9.69. The van der Waals surface area contributed by atoms with Crippen LogP contribution in [0.3, 0.4) is 0 Å². The minimum Gasteiger partial charge on any atom is -0.508 e. The Labute approximate surface area is 116 Å². The zero-order valence-electron chi connectivity index (χ0n) is 12.6. The predicted octanol–water partition coefficient (Wildman–Crippen LogP) is 4.60. The topological polar surface area (TPSA) is 29.5 Å².